The zero-order valence-electron chi connectivity index (χ0n) is 24.5. The zero-order valence-corrected chi connectivity index (χ0v) is 24.5. The molecule has 42 heavy (non-hydrogen) atoms. The predicted octanol–water partition coefficient (Wildman–Crippen LogP) is 6.81. The fraction of sp³-hybridized carbons (Fsp3) is 0.429. The lowest BCUT2D eigenvalue weighted by Gasteiger charge is -2.44. The maximum atomic E-state index is 13.7. The summed E-state index contributed by atoms with van der Waals surface area (Å²) in [5.41, 5.74) is 3.46. The van der Waals surface area contributed by atoms with E-state index in [4.69, 9.17) is 4.74 Å². The average Bonchev–Trinajstić information content (AvgIpc) is 3.01. The summed E-state index contributed by atoms with van der Waals surface area (Å²) >= 11 is 0. The van der Waals surface area contributed by atoms with E-state index in [1.54, 1.807) is 37.3 Å². The lowest BCUT2D eigenvalue weighted by molar-refractivity contribution is 0.0526. The highest BCUT2D eigenvalue weighted by Crippen LogP contribution is 2.30. The highest BCUT2D eigenvalue weighted by Gasteiger charge is 2.36. The number of carbonyl (C=O) groups excluding carboxylic acids is 2. The molecule has 6 nitrogen and oxygen atoms in total. The number of ether oxygens (including phenoxy) is 1. The number of likely N-dealkylation sites (tertiary alicyclic amines) is 2. The topological polar surface area (TPSA) is 61.9 Å². The quantitative estimate of drug-likeness (QED) is 0.287. The number of nitrogens with zero attached hydrogens (tertiary/aromatic N) is 2. The van der Waals surface area contributed by atoms with Crippen LogP contribution in [-0.2, 0) is 17.6 Å². The minimum atomic E-state index is -0.393. The molecule has 3 aromatic rings. The number of amides is 2. The smallest absolute Gasteiger partial charge is 0.338 e. The first-order chi connectivity index (χ1) is 20.5. The van der Waals surface area contributed by atoms with E-state index in [-0.39, 0.29) is 17.9 Å². The van der Waals surface area contributed by atoms with Gasteiger partial charge in [-0.05, 0) is 112 Å². The first-order valence-corrected chi connectivity index (χ1v) is 15.3. The number of nitrogens with one attached hydrogen (secondary N) is 1. The molecule has 0 unspecified atom stereocenters. The van der Waals surface area contributed by atoms with E-state index in [2.05, 4.69) is 34.5 Å². The molecule has 5 rings (SSSR count). The zero-order chi connectivity index (χ0) is 29.3. The Morgan fingerprint density at radius 1 is 0.881 bits per heavy atom. The number of halogens is 1. The number of piperidine rings is 2. The van der Waals surface area contributed by atoms with E-state index in [1.165, 1.54) is 11.1 Å². The average molecular weight is 572 g/mol. The summed E-state index contributed by atoms with van der Waals surface area (Å²) in [6.45, 7) is 5.86. The van der Waals surface area contributed by atoms with Crippen LogP contribution in [0.2, 0.25) is 0 Å². The molecule has 7 heteroatoms. The van der Waals surface area contributed by atoms with Gasteiger partial charge in [0.25, 0.3) is 0 Å². The summed E-state index contributed by atoms with van der Waals surface area (Å²) in [7, 11) is 0. The Balaban J connectivity index is 1.24. The van der Waals surface area contributed by atoms with E-state index in [9.17, 15) is 14.0 Å². The van der Waals surface area contributed by atoms with Crippen molar-refractivity contribution in [2.75, 3.05) is 38.1 Å². The summed E-state index contributed by atoms with van der Waals surface area (Å²) in [6, 6.07) is 24.3. The van der Waals surface area contributed by atoms with Gasteiger partial charge in [0.1, 0.15) is 5.82 Å². The largest absolute Gasteiger partial charge is 0.462 e. The molecule has 2 aliphatic heterocycles. The van der Waals surface area contributed by atoms with Gasteiger partial charge in [-0.2, -0.15) is 0 Å². The number of hydrogen-bond donors (Lipinski definition) is 1. The first-order valence-electron chi connectivity index (χ1n) is 15.3. The summed E-state index contributed by atoms with van der Waals surface area (Å²) in [5, 5.41) is 3.06. The van der Waals surface area contributed by atoms with E-state index >= 15 is 0 Å². The minimum Gasteiger partial charge on any atom is -0.462 e. The second-order valence-electron chi connectivity index (χ2n) is 11.7. The van der Waals surface area contributed by atoms with Crippen LogP contribution in [0.4, 0.5) is 14.9 Å². The Bertz CT molecular complexity index is 1310. The Hall–Kier alpha value is -3.71. The van der Waals surface area contributed by atoms with Crippen molar-refractivity contribution < 1.29 is 18.7 Å². The molecule has 2 atom stereocenters. The Morgan fingerprint density at radius 3 is 2.36 bits per heavy atom. The van der Waals surface area contributed by atoms with Gasteiger partial charge >= 0.3 is 12.0 Å². The monoisotopic (exact) mass is 571 g/mol. The van der Waals surface area contributed by atoms with Crippen LogP contribution in [-0.4, -0.2) is 60.6 Å². The summed E-state index contributed by atoms with van der Waals surface area (Å²) < 4.78 is 18.4. The van der Waals surface area contributed by atoms with E-state index in [0.29, 0.717) is 36.2 Å². The van der Waals surface area contributed by atoms with Gasteiger partial charge in [-0.15, -0.1) is 0 Å². The third kappa shape index (κ3) is 7.97. The van der Waals surface area contributed by atoms with E-state index < -0.39 is 5.97 Å². The van der Waals surface area contributed by atoms with Crippen molar-refractivity contribution in [3.63, 3.8) is 0 Å². The van der Waals surface area contributed by atoms with Crippen LogP contribution in [0.1, 0.15) is 54.1 Å². The van der Waals surface area contributed by atoms with Gasteiger partial charge in [0, 0.05) is 24.8 Å². The molecule has 0 bridgehead atoms. The van der Waals surface area contributed by atoms with Crippen LogP contribution < -0.4 is 5.32 Å². The lowest BCUT2D eigenvalue weighted by Crippen LogP contribution is -2.54. The molecular weight excluding hydrogens is 529 g/mol. The minimum absolute atomic E-state index is 0.0753. The van der Waals surface area contributed by atoms with Gasteiger partial charge < -0.3 is 19.9 Å². The maximum Gasteiger partial charge on any atom is 0.338 e. The molecule has 0 saturated carbocycles. The number of anilines is 1. The normalized spacial score (nSPS) is 19.8. The molecule has 222 valence electrons. The van der Waals surface area contributed by atoms with Crippen molar-refractivity contribution in [3.8, 4) is 0 Å². The number of rotatable bonds is 9. The molecule has 1 N–H and O–H groups in total. The lowest BCUT2D eigenvalue weighted by atomic mass is 9.83. The number of urea groups is 1. The molecule has 2 saturated heterocycles. The van der Waals surface area contributed by atoms with Crippen LogP contribution in [0.15, 0.2) is 78.9 Å². The van der Waals surface area contributed by atoms with Crippen LogP contribution in [0.25, 0.3) is 0 Å². The van der Waals surface area contributed by atoms with Crippen molar-refractivity contribution in [2.45, 2.75) is 51.5 Å². The molecule has 2 fully saturated rings. The number of carbonyl (C=O) groups is 2. The number of benzene rings is 3. The Labute approximate surface area is 248 Å². The third-order valence-electron chi connectivity index (χ3n) is 8.73. The van der Waals surface area contributed by atoms with Gasteiger partial charge in [-0.1, -0.05) is 48.5 Å². The molecule has 2 aliphatic rings. The standard InChI is InChI=1S/C35H42FN3O3/c1-2-42-34(40)29-10-6-12-32(24-29)37-35(41)39-19-7-11-30(33(39)23-26-8-4-3-5-9-26)25-38-20-17-28(18-21-38)22-27-13-15-31(36)16-14-27/h3-6,8-10,12-16,24,28,30,33H,2,7,11,17-23,25H2,1H3,(H,37,41)/t30-,33+/m0/s1. The van der Waals surface area contributed by atoms with Gasteiger partial charge in [0.05, 0.1) is 12.2 Å². The molecule has 2 heterocycles. The second-order valence-corrected chi connectivity index (χ2v) is 11.7. The summed E-state index contributed by atoms with van der Waals surface area (Å²) in [4.78, 5) is 30.5. The highest BCUT2D eigenvalue weighted by molar-refractivity contribution is 5.94. The second kappa shape index (κ2) is 14.5. The Morgan fingerprint density at radius 2 is 1.62 bits per heavy atom. The first kappa shape index (κ1) is 29.8. The highest BCUT2D eigenvalue weighted by atomic mass is 19.1. The van der Waals surface area contributed by atoms with Gasteiger partial charge in [-0.3, -0.25) is 0 Å². The fourth-order valence-electron chi connectivity index (χ4n) is 6.53. The van der Waals surface area contributed by atoms with Gasteiger partial charge in [0.2, 0.25) is 0 Å². The van der Waals surface area contributed by atoms with Gasteiger partial charge in [0.15, 0.2) is 0 Å². The molecule has 0 radical (unpaired) electrons. The SMILES string of the molecule is CCOC(=O)c1cccc(NC(=O)N2CCC[C@@H](CN3CCC(Cc4ccc(F)cc4)CC3)[C@H]2Cc2ccccc2)c1. The Kier molecular flexibility index (Phi) is 10.2. The molecule has 0 spiro atoms. The van der Waals surface area contributed by atoms with Crippen LogP contribution in [0, 0.1) is 17.7 Å². The van der Waals surface area contributed by atoms with E-state index in [0.717, 1.165) is 58.2 Å². The van der Waals surface area contributed by atoms with Gasteiger partial charge in [-0.25, -0.2) is 14.0 Å². The van der Waals surface area contributed by atoms with Crippen LogP contribution in [0.3, 0.4) is 0 Å². The molecule has 0 aromatic heterocycles. The van der Waals surface area contributed by atoms with Crippen molar-refractivity contribution >= 4 is 17.7 Å². The molecule has 2 amide bonds. The fourth-order valence-corrected chi connectivity index (χ4v) is 6.53. The van der Waals surface area contributed by atoms with Crippen LogP contribution >= 0.6 is 0 Å². The number of esters is 1. The van der Waals surface area contributed by atoms with Crippen molar-refractivity contribution in [2.24, 2.45) is 11.8 Å². The molecule has 3 aromatic carbocycles. The predicted molar refractivity (Wildman–Crippen MR) is 164 cm³/mol. The summed E-state index contributed by atoms with van der Waals surface area (Å²) in [6.07, 6.45) is 6.13. The van der Waals surface area contributed by atoms with Crippen molar-refractivity contribution in [1.82, 2.24) is 9.80 Å². The molecule has 0 aliphatic carbocycles. The summed E-state index contributed by atoms with van der Waals surface area (Å²) in [5.74, 6) is 0.407. The van der Waals surface area contributed by atoms with Crippen molar-refractivity contribution in [3.05, 3.63) is 101 Å². The van der Waals surface area contributed by atoms with Crippen LogP contribution in [0.5, 0.6) is 0 Å². The van der Waals surface area contributed by atoms with E-state index in [1.807, 2.05) is 29.2 Å². The maximum absolute atomic E-state index is 13.7. The molecular formula is C35H42FN3O3. The number of hydrogen-bond acceptors (Lipinski definition) is 4. The van der Waals surface area contributed by atoms with Crippen molar-refractivity contribution in [1.29, 1.82) is 0 Å². The third-order valence-corrected chi connectivity index (χ3v) is 8.73.